The standard InChI is InChI=1S/C27H28N4O2/c1-30(2)24-16-17-31(18-24)23-12-8-22(9-13-23)27-29-28-26(33-27)21-6-4-19(5-7-21)20-10-14-25(32-3)15-11-20/h4-15,24H,16-18H2,1-3H3. The van der Waals surface area contributed by atoms with Crippen LogP contribution in [0.5, 0.6) is 5.75 Å². The summed E-state index contributed by atoms with van der Waals surface area (Å²) in [5.74, 6) is 1.90. The molecule has 1 aliphatic rings. The van der Waals surface area contributed by atoms with Crippen LogP contribution in [0.4, 0.5) is 5.69 Å². The highest BCUT2D eigenvalue weighted by Crippen LogP contribution is 2.29. The van der Waals surface area contributed by atoms with Gasteiger partial charge >= 0.3 is 0 Å². The maximum atomic E-state index is 5.99. The number of nitrogens with zero attached hydrogens (tertiary/aromatic N) is 4. The Morgan fingerprint density at radius 3 is 1.82 bits per heavy atom. The van der Waals surface area contributed by atoms with E-state index in [9.17, 15) is 0 Å². The third-order valence-electron chi connectivity index (χ3n) is 6.35. The molecule has 0 bridgehead atoms. The first kappa shape index (κ1) is 21.2. The van der Waals surface area contributed by atoms with Crippen LogP contribution in [0, 0.1) is 0 Å². The zero-order chi connectivity index (χ0) is 22.8. The van der Waals surface area contributed by atoms with E-state index in [-0.39, 0.29) is 0 Å². The summed E-state index contributed by atoms with van der Waals surface area (Å²) < 4.78 is 11.2. The molecule has 168 valence electrons. The number of hydrogen-bond acceptors (Lipinski definition) is 6. The summed E-state index contributed by atoms with van der Waals surface area (Å²) in [6, 6.07) is 25.2. The summed E-state index contributed by atoms with van der Waals surface area (Å²) in [7, 11) is 5.97. The average Bonchev–Trinajstić information content (AvgIpc) is 3.55. The normalized spacial score (nSPS) is 15.9. The van der Waals surface area contributed by atoms with Gasteiger partial charge in [-0.25, -0.2) is 0 Å². The number of methoxy groups -OCH3 is 1. The van der Waals surface area contributed by atoms with Crippen LogP contribution in [0.15, 0.2) is 77.2 Å². The molecule has 1 aliphatic heterocycles. The van der Waals surface area contributed by atoms with E-state index in [1.165, 1.54) is 12.1 Å². The molecule has 0 saturated carbocycles. The summed E-state index contributed by atoms with van der Waals surface area (Å²) in [5, 5.41) is 8.54. The Labute approximate surface area is 194 Å². The minimum Gasteiger partial charge on any atom is -0.497 e. The van der Waals surface area contributed by atoms with Gasteiger partial charge in [0.2, 0.25) is 11.8 Å². The highest BCUT2D eigenvalue weighted by atomic mass is 16.5. The Morgan fingerprint density at radius 1 is 0.788 bits per heavy atom. The largest absolute Gasteiger partial charge is 0.497 e. The maximum absolute atomic E-state index is 5.99. The van der Waals surface area contributed by atoms with E-state index < -0.39 is 0 Å². The SMILES string of the molecule is COc1ccc(-c2ccc(-c3nnc(-c4ccc(N5CCC(N(C)C)C5)cc4)o3)cc2)cc1. The molecule has 1 atom stereocenters. The number of hydrogen-bond donors (Lipinski definition) is 0. The van der Waals surface area contributed by atoms with Gasteiger partial charge < -0.3 is 19.0 Å². The van der Waals surface area contributed by atoms with Gasteiger partial charge in [0.15, 0.2) is 0 Å². The Kier molecular flexibility index (Phi) is 5.84. The second-order valence-corrected chi connectivity index (χ2v) is 8.62. The van der Waals surface area contributed by atoms with Crippen LogP contribution in [0.2, 0.25) is 0 Å². The van der Waals surface area contributed by atoms with E-state index in [4.69, 9.17) is 9.15 Å². The molecular formula is C27H28N4O2. The van der Waals surface area contributed by atoms with Crippen LogP contribution in [0.1, 0.15) is 6.42 Å². The zero-order valence-electron chi connectivity index (χ0n) is 19.2. The third-order valence-corrected chi connectivity index (χ3v) is 6.35. The summed E-state index contributed by atoms with van der Waals surface area (Å²) in [5.41, 5.74) is 5.31. The zero-order valence-corrected chi connectivity index (χ0v) is 19.2. The van der Waals surface area contributed by atoms with Gasteiger partial charge in [-0.05, 0) is 80.2 Å². The molecule has 3 aromatic carbocycles. The van der Waals surface area contributed by atoms with Crippen molar-refractivity contribution in [1.82, 2.24) is 15.1 Å². The van der Waals surface area contributed by atoms with Crippen molar-refractivity contribution in [2.75, 3.05) is 39.2 Å². The molecule has 1 fully saturated rings. The lowest BCUT2D eigenvalue weighted by molar-refractivity contribution is 0.315. The van der Waals surface area contributed by atoms with Crippen molar-refractivity contribution in [2.45, 2.75) is 12.5 Å². The summed E-state index contributed by atoms with van der Waals surface area (Å²) in [4.78, 5) is 4.73. The Hall–Kier alpha value is -3.64. The van der Waals surface area contributed by atoms with Crippen LogP contribution >= 0.6 is 0 Å². The van der Waals surface area contributed by atoms with E-state index >= 15 is 0 Å². The lowest BCUT2D eigenvalue weighted by atomic mass is 10.0. The predicted octanol–water partition coefficient (Wildman–Crippen LogP) is 5.22. The van der Waals surface area contributed by atoms with Crippen molar-refractivity contribution in [3.63, 3.8) is 0 Å². The molecule has 0 radical (unpaired) electrons. The molecule has 1 unspecified atom stereocenters. The van der Waals surface area contributed by atoms with Crippen molar-refractivity contribution >= 4 is 5.69 Å². The van der Waals surface area contributed by atoms with Gasteiger partial charge in [0, 0.05) is 35.9 Å². The maximum Gasteiger partial charge on any atom is 0.248 e. The smallest absolute Gasteiger partial charge is 0.248 e. The molecule has 1 aromatic heterocycles. The fourth-order valence-corrected chi connectivity index (χ4v) is 4.26. The quantitative estimate of drug-likeness (QED) is 0.410. The first-order valence-corrected chi connectivity index (χ1v) is 11.2. The summed E-state index contributed by atoms with van der Waals surface area (Å²) >= 11 is 0. The van der Waals surface area contributed by atoms with Crippen LogP contribution in [0.25, 0.3) is 34.0 Å². The lowest BCUT2D eigenvalue weighted by Gasteiger charge is -2.21. The van der Waals surface area contributed by atoms with Gasteiger partial charge in [-0.2, -0.15) is 0 Å². The molecule has 0 N–H and O–H groups in total. The molecule has 1 saturated heterocycles. The molecule has 6 nitrogen and oxygen atoms in total. The molecule has 4 aromatic rings. The van der Waals surface area contributed by atoms with Crippen molar-refractivity contribution in [2.24, 2.45) is 0 Å². The van der Waals surface area contributed by atoms with Crippen LogP contribution < -0.4 is 9.64 Å². The number of aromatic nitrogens is 2. The second kappa shape index (κ2) is 9.08. The minimum absolute atomic E-state index is 0.517. The number of likely N-dealkylation sites (N-methyl/N-ethyl adjacent to an activating group) is 1. The average molecular weight is 441 g/mol. The van der Waals surface area contributed by atoms with Crippen LogP contribution in [0.3, 0.4) is 0 Å². The Balaban J connectivity index is 1.29. The number of rotatable bonds is 6. The molecule has 0 amide bonds. The van der Waals surface area contributed by atoms with Crippen molar-refractivity contribution < 1.29 is 9.15 Å². The first-order valence-electron chi connectivity index (χ1n) is 11.2. The van der Waals surface area contributed by atoms with Crippen molar-refractivity contribution in [1.29, 1.82) is 0 Å². The van der Waals surface area contributed by atoms with Crippen LogP contribution in [-0.2, 0) is 0 Å². The van der Waals surface area contributed by atoms with Crippen LogP contribution in [-0.4, -0.2) is 55.4 Å². The molecule has 5 rings (SSSR count). The van der Waals surface area contributed by atoms with Gasteiger partial charge in [0.25, 0.3) is 0 Å². The highest BCUT2D eigenvalue weighted by Gasteiger charge is 2.24. The molecule has 33 heavy (non-hydrogen) atoms. The summed E-state index contributed by atoms with van der Waals surface area (Å²) in [6.45, 7) is 2.14. The molecule has 2 heterocycles. The topological polar surface area (TPSA) is 54.6 Å². The fraction of sp³-hybridized carbons (Fsp3) is 0.259. The van der Waals surface area contributed by atoms with E-state index in [1.807, 2.05) is 36.4 Å². The van der Waals surface area contributed by atoms with E-state index in [0.29, 0.717) is 17.8 Å². The van der Waals surface area contributed by atoms with Gasteiger partial charge in [-0.3, -0.25) is 0 Å². The van der Waals surface area contributed by atoms with Crippen molar-refractivity contribution in [3.8, 4) is 39.8 Å². The van der Waals surface area contributed by atoms with Crippen molar-refractivity contribution in [3.05, 3.63) is 72.8 Å². The molecule has 6 heteroatoms. The summed E-state index contributed by atoms with van der Waals surface area (Å²) in [6.07, 6.45) is 1.19. The number of ether oxygens (including phenoxy) is 1. The Bertz CT molecular complexity index is 1200. The highest BCUT2D eigenvalue weighted by molar-refractivity contribution is 5.68. The van der Waals surface area contributed by atoms with E-state index in [1.54, 1.807) is 7.11 Å². The Morgan fingerprint density at radius 2 is 1.30 bits per heavy atom. The molecule has 0 spiro atoms. The monoisotopic (exact) mass is 440 g/mol. The van der Waals surface area contributed by atoms with Gasteiger partial charge in [-0.15, -0.1) is 10.2 Å². The molecular weight excluding hydrogens is 412 g/mol. The molecule has 0 aliphatic carbocycles. The number of benzene rings is 3. The van der Waals surface area contributed by atoms with Gasteiger partial charge in [0.05, 0.1) is 7.11 Å². The van der Waals surface area contributed by atoms with Gasteiger partial charge in [-0.1, -0.05) is 24.3 Å². The van der Waals surface area contributed by atoms with Gasteiger partial charge in [0.1, 0.15) is 5.75 Å². The second-order valence-electron chi connectivity index (χ2n) is 8.62. The third kappa shape index (κ3) is 4.47. The van der Waals surface area contributed by atoms with E-state index in [2.05, 4.69) is 70.5 Å². The van der Waals surface area contributed by atoms with E-state index in [0.717, 1.165) is 41.1 Å². The lowest BCUT2D eigenvalue weighted by Crippen LogP contribution is -2.31. The minimum atomic E-state index is 0.517. The number of anilines is 1. The first-order chi connectivity index (χ1) is 16.1. The predicted molar refractivity (Wildman–Crippen MR) is 131 cm³/mol. The fourth-order valence-electron chi connectivity index (χ4n) is 4.26.